The number of benzene rings is 1. The van der Waals surface area contributed by atoms with E-state index in [0.717, 1.165) is 12.8 Å². The standard InChI is InChI=1S/C14H19N3O3/c15-11-6-10(7-12(16)8-11)13(18)17-3-1-2-14(9-17)19-4-5-20-14/h6-8H,1-5,9,15-16H2. The minimum atomic E-state index is -0.611. The third kappa shape index (κ3) is 2.44. The van der Waals surface area contributed by atoms with E-state index >= 15 is 0 Å². The Balaban J connectivity index is 1.79. The molecule has 6 heteroatoms. The van der Waals surface area contributed by atoms with Crippen LogP contribution in [0.5, 0.6) is 0 Å². The summed E-state index contributed by atoms with van der Waals surface area (Å²) in [7, 11) is 0. The lowest BCUT2D eigenvalue weighted by molar-refractivity contribution is -0.183. The van der Waals surface area contributed by atoms with Gasteiger partial charge in [0.05, 0.1) is 19.8 Å². The van der Waals surface area contributed by atoms with Gasteiger partial charge in [0.25, 0.3) is 5.91 Å². The van der Waals surface area contributed by atoms with Crippen LogP contribution in [0.25, 0.3) is 0 Å². The molecule has 6 nitrogen and oxygen atoms in total. The summed E-state index contributed by atoms with van der Waals surface area (Å²) in [5, 5.41) is 0. The Morgan fingerprint density at radius 1 is 1.15 bits per heavy atom. The van der Waals surface area contributed by atoms with Crippen molar-refractivity contribution in [2.24, 2.45) is 0 Å². The average Bonchev–Trinajstić information content (AvgIpc) is 2.85. The molecule has 0 aromatic heterocycles. The lowest BCUT2D eigenvalue weighted by atomic mass is 10.0. The number of piperidine rings is 1. The molecule has 1 aromatic rings. The normalized spacial score (nSPS) is 21.3. The molecule has 0 saturated carbocycles. The summed E-state index contributed by atoms with van der Waals surface area (Å²) in [6.07, 6.45) is 1.69. The van der Waals surface area contributed by atoms with Gasteiger partial charge in [-0.15, -0.1) is 0 Å². The molecule has 1 aromatic carbocycles. The molecule has 1 spiro atoms. The minimum Gasteiger partial charge on any atom is -0.399 e. The summed E-state index contributed by atoms with van der Waals surface area (Å²) in [5.74, 6) is -0.693. The Labute approximate surface area is 117 Å². The number of nitrogens with two attached hydrogens (primary N) is 2. The fraction of sp³-hybridized carbons (Fsp3) is 0.500. The fourth-order valence-corrected chi connectivity index (χ4v) is 2.88. The summed E-state index contributed by atoms with van der Waals surface area (Å²) in [4.78, 5) is 14.3. The topological polar surface area (TPSA) is 90.8 Å². The van der Waals surface area contributed by atoms with Crippen molar-refractivity contribution in [3.05, 3.63) is 23.8 Å². The van der Waals surface area contributed by atoms with Crippen molar-refractivity contribution in [1.29, 1.82) is 0 Å². The highest BCUT2D eigenvalue weighted by Crippen LogP contribution is 2.31. The van der Waals surface area contributed by atoms with Gasteiger partial charge in [0.15, 0.2) is 5.79 Å². The van der Waals surface area contributed by atoms with Gasteiger partial charge in [0.1, 0.15) is 0 Å². The Bertz CT molecular complexity index is 506. The van der Waals surface area contributed by atoms with Crippen LogP contribution in [0.3, 0.4) is 0 Å². The number of nitrogens with zero attached hydrogens (tertiary/aromatic N) is 1. The molecule has 2 heterocycles. The van der Waals surface area contributed by atoms with Crippen LogP contribution in [0.15, 0.2) is 18.2 Å². The molecule has 20 heavy (non-hydrogen) atoms. The van der Waals surface area contributed by atoms with Crippen LogP contribution in [0.2, 0.25) is 0 Å². The molecule has 0 radical (unpaired) electrons. The molecule has 0 unspecified atom stereocenters. The van der Waals surface area contributed by atoms with Gasteiger partial charge in [-0.2, -0.15) is 0 Å². The van der Waals surface area contributed by atoms with E-state index in [1.165, 1.54) is 0 Å². The number of hydrogen-bond acceptors (Lipinski definition) is 5. The Morgan fingerprint density at radius 3 is 2.45 bits per heavy atom. The molecule has 2 aliphatic rings. The van der Waals surface area contributed by atoms with Crippen LogP contribution >= 0.6 is 0 Å². The van der Waals surface area contributed by atoms with Crippen molar-refractivity contribution in [3.8, 4) is 0 Å². The third-order valence-electron chi connectivity index (χ3n) is 3.74. The molecule has 0 bridgehead atoms. The average molecular weight is 277 g/mol. The van der Waals surface area contributed by atoms with Gasteiger partial charge in [-0.3, -0.25) is 4.79 Å². The lowest BCUT2D eigenvalue weighted by Crippen LogP contribution is -2.51. The van der Waals surface area contributed by atoms with E-state index in [0.29, 0.717) is 43.2 Å². The van der Waals surface area contributed by atoms with Gasteiger partial charge in [-0.25, -0.2) is 0 Å². The molecule has 0 atom stereocenters. The maximum atomic E-state index is 12.5. The molecule has 2 saturated heterocycles. The van der Waals surface area contributed by atoms with E-state index in [2.05, 4.69) is 0 Å². The number of ether oxygens (including phenoxy) is 2. The molecular weight excluding hydrogens is 258 g/mol. The first-order valence-corrected chi connectivity index (χ1v) is 6.81. The molecule has 2 aliphatic heterocycles. The first-order valence-electron chi connectivity index (χ1n) is 6.81. The van der Waals surface area contributed by atoms with Gasteiger partial charge in [0, 0.05) is 29.9 Å². The van der Waals surface area contributed by atoms with Crippen LogP contribution in [-0.4, -0.2) is 42.9 Å². The van der Waals surface area contributed by atoms with Crippen LogP contribution in [0, 0.1) is 0 Å². The Hall–Kier alpha value is -1.79. The van der Waals surface area contributed by atoms with E-state index in [4.69, 9.17) is 20.9 Å². The number of nitrogen functional groups attached to an aromatic ring is 2. The van der Waals surface area contributed by atoms with Crippen LogP contribution in [0.1, 0.15) is 23.2 Å². The Kier molecular flexibility index (Phi) is 3.27. The minimum absolute atomic E-state index is 0.0813. The highest BCUT2D eigenvalue weighted by molar-refractivity contribution is 5.96. The molecule has 0 aliphatic carbocycles. The van der Waals surface area contributed by atoms with Crippen molar-refractivity contribution < 1.29 is 14.3 Å². The van der Waals surface area contributed by atoms with Crippen molar-refractivity contribution in [1.82, 2.24) is 4.90 Å². The van der Waals surface area contributed by atoms with E-state index in [1.807, 2.05) is 0 Å². The summed E-state index contributed by atoms with van der Waals surface area (Å²) >= 11 is 0. The summed E-state index contributed by atoms with van der Waals surface area (Å²) in [6, 6.07) is 4.93. The monoisotopic (exact) mass is 277 g/mol. The van der Waals surface area contributed by atoms with E-state index in [9.17, 15) is 4.79 Å². The highest BCUT2D eigenvalue weighted by Gasteiger charge is 2.42. The zero-order valence-electron chi connectivity index (χ0n) is 11.3. The van der Waals surface area contributed by atoms with Crippen molar-refractivity contribution in [3.63, 3.8) is 0 Å². The third-order valence-corrected chi connectivity index (χ3v) is 3.74. The van der Waals surface area contributed by atoms with Crippen molar-refractivity contribution in [2.75, 3.05) is 37.8 Å². The van der Waals surface area contributed by atoms with Crippen LogP contribution in [0.4, 0.5) is 11.4 Å². The summed E-state index contributed by atoms with van der Waals surface area (Å²) in [6.45, 7) is 2.34. The van der Waals surface area contributed by atoms with Crippen LogP contribution < -0.4 is 11.5 Å². The summed E-state index contributed by atoms with van der Waals surface area (Å²) < 4.78 is 11.4. The lowest BCUT2D eigenvalue weighted by Gasteiger charge is -2.38. The second-order valence-corrected chi connectivity index (χ2v) is 5.33. The number of rotatable bonds is 1. The van der Waals surface area contributed by atoms with Crippen LogP contribution in [-0.2, 0) is 9.47 Å². The number of amides is 1. The highest BCUT2D eigenvalue weighted by atomic mass is 16.7. The maximum absolute atomic E-state index is 12.5. The van der Waals surface area contributed by atoms with E-state index in [1.54, 1.807) is 23.1 Å². The second-order valence-electron chi connectivity index (χ2n) is 5.33. The molecule has 2 fully saturated rings. The summed E-state index contributed by atoms with van der Waals surface area (Å²) in [5.41, 5.74) is 13.0. The van der Waals surface area contributed by atoms with Gasteiger partial charge < -0.3 is 25.8 Å². The number of carbonyl (C=O) groups excluding carboxylic acids is 1. The molecular formula is C14H19N3O3. The molecule has 4 N–H and O–H groups in total. The second kappa shape index (κ2) is 4.96. The Morgan fingerprint density at radius 2 is 1.80 bits per heavy atom. The first-order chi connectivity index (χ1) is 9.58. The smallest absolute Gasteiger partial charge is 0.254 e. The SMILES string of the molecule is Nc1cc(N)cc(C(=O)N2CCCC3(C2)OCCO3)c1. The van der Waals surface area contributed by atoms with E-state index in [-0.39, 0.29) is 5.91 Å². The predicted molar refractivity (Wildman–Crippen MR) is 75.0 cm³/mol. The number of likely N-dealkylation sites (tertiary alicyclic amines) is 1. The largest absolute Gasteiger partial charge is 0.399 e. The maximum Gasteiger partial charge on any atom is 0.254 e. The van der Waals surface area contributed by atoms with Gasteiger partial charge in [-0.05, 0) is 24.6 Å². The quantitative estimate of drug-likeness (QED) is 0.742. The molecule has 3 rings (SSSR count). The number of hydrogen-bond donors (Lipinski definition) is 2. The zero-order chi connectivity index (χ0) is 14.2. The van der Waals surface area contributed by atoms with Crippen molar-refractivity contribution in [2.45, 2.75) is 18.6 Å². The first kappa shape index (κ1) is 13.2. The van der Waals surface area contributed by atoms with Gasteiger partial charge in [-0.1, -0.05) is 0 Å². The molecule has 108 valence electrons. The number of carbonyl (C=O) groups is 1. The fourth-order valence-electron chi connectivity index (χ4n) is 2.88. The molecule has 1 amide bonds. The van der Waals surface area contributed by atoms with Crippen molar-refractivity contribution >= 4 is 17.3 Å². The van der Waals surface area contributed by atoms with Gasteiger partial charge >= 0.3 is 0 Å². The number of anilines is 2. The van der Waals surface area contributed by atoms with E-state index < -0.39 is 5.79 Å². The predicted octanol–water partition coefficient (Wildman–Crippen LogP) is 0.830. The zero-order valence-corrected chi connectivity index (χ0v) is 11.3. The van der Waals surface area contributed by atoms with Gasteiger partial charge in [0.2, 0.25) is 0 Å².